The van der Waals surface area contributed by atoms with E-state index in [1.807, 2.05) is 36.2 Å². The van der Waals surface area contributed by atoms with Crippen molar-refractivity contribution in [3.05, 3.63) is 34.3 Å². The van der Waals surface area contributed by atoms with E-state index in [1.165, 1.54) is 0 Å². The third-order valence-electron chi connectivity index (χ3n) is 3.42. The molecule has 1 N–H and O–H groups in total. The number of rotatable bonds is 4. The van der Waals surface area contributed by atoms with Gasteiger partial charge in [0.2, 0.25) is 5.91 Å². The van der Waals surface area contributed by atoms with Crippen molar-refractivity contribution in [2.75, 3.05) is 20.1 Å². The Balaban J connectivity index is 1.89. The molecule has 0 aromatic heterocycles. The van der Waals surface area contributed by atoms with Crippen LogP contribution in [-0.4, -0.2) is 30.9 Å². The van der Waals surface area contributed by atoms with Gasteiger partial charge in [0.15, 0.2) is 0 Å². The van der Waals surface area contributed by atoms with Crippen LogP contribution in [0.3, 0.4) is 0 Å². The smallest absolute Gasteiger partial charge is 0.222 e. The van der Waals surface area contributed by atoms with Gasteiger partial charge in [-0.2, -0.15) is 0 Å². The van der Waals surface area contributed by atoms with Gasteiger partial charge in [-0.15, -0.1) is 0 Å². The maximum Gasteiger partial charge on any atom is 0.222 e. The average molecular weight is 311 g/mol. The Morgan fingerprint density at radius 1 is 1.50 bits per heavy atom. The molecule has 2 rings (SSSR count). The predicted octanol–water partition coefficient (Wildman–Crippen LogP) is 2.41. The Labute approximate surface area is 117 Å². The first kappa shape index (κ1) is 13.6. The summed E-state index contributed by atoms with van der Waals surface area (Å²) in [5, 5.41) is 3.30. The van der Waals surface area contributed by atoms with Gasteiger partial charge >= 0.3 is 0 Å². The van der Waals surface area contributed by atoms with Gasteiger partial charge in [-0.1, -0.05) is 34.1 Å². The molecule has 1 aliphatic heterocycles. The molecule has 4 heteroatoms. The van der Waals surface area contributed by atoms with Crippen molar-refractivity contribution in [2.45, 2.75) is 19.4 Å². The molecule has 1 amide bonds. The molecule has 1 aliphatic rings. The van der Waals surface area contributed by atoms with Crippen molar-refractivity contribution in [1.82, 2.24) is 10.2 Å². The summed E-state index contributed by atoms with van der Waals surface area (Å²) in [7, 11) is 1.88. The molecule has 98 valence electrons. The van der Waals surface area contributed by atoms with Crippen molar-refractivity contribution in [1.29, 1.82) is 0 Å². The van der Waals surface area contributed by atoms with E-state index in [0.29, 0.717) is 18.9 Å². The first-order chi connectivity index (χ1) is 8.66. The highest BCUT2D eigenvalue weighted by molar-refractivity contribution is 9.10. The van der Waals surface area contributed by atoms with Crippen LogP contribution in [0.1, 0.15) is 18.4 Å². The fourth-order valence-corrected chi connectivity index (χ4v) is 2.67. The summed E-state index contributed by atoms with van der Waals surface area (Å²) in [5.41, 5.74) is 1.15. The number of nitrogens with zero attached hydrogens (tertiary/aromatic N) is 1. The summed E-state index contributed by atoms with van der Waals surface area (Å²) in [6.07, 6.45) is 1.78. The molecule has 0 aliphatic carbocycles. The SMILES string of the molecule is CN(Cc1ccccc1Br)C(=O)CC1CCNC1. The van der Waals surface area contributed by atoms with Crippen LogP contribution in [0.2, 0.25) is 0 Å². The highest BCUT2D eigenvalue weighted by Crippen LogP contribution is 2.19. The second kappa shape index (κ2) is 6.34. The fourth-order valence-electron chi connectivity index (χ4n) is 2.26. The van der Waals surface area contributed by atoms with Crippen LogP contribution in [0.25, 0.3) is 0 Å². The quantitative estimate of drug-likeness (QED) is 0.926. The van der Waals surface area contributed by atoms with Crippen LogP contribution < -0.4 is 5.32 Å². The van der Waals surface area contributed by atoms with E-state index in [1.54, 1.807) is 0 Å². The Hall–Kier alpha value is -0.870. The van der Waals surface area contributed by atoms with Gasteiger partial charge in [0, 0.05) is 24.5 Å². The van der Waals surface area contributed by atoms with E-state index in [9.17, 15) is 4.79 Å². The third-order valence-corrected chi connectivity index (χ3v) is 4.19. The Morgan fingerprint density at radius 2 is 2.28 bits per heavy atom. The van der Waals surface area contributed by atoms with Crippen molar-refractivity contribution in [2.24, 2.45) is 5.92 Å². The van der Waals surface area contributed by atoms with Gasteiger partial charge in [0.05, 0.1) is 0 Å². The van der Waals surface area contributed by atoms with Gasteiger partial charge in [-0.05, 0) is 37.1 Å². The highest BCUT2D eigenvalue weighted by Gasteiger charge is 2.20. The topological polar surface area (TPSA) is 32.3 Å². The zero-order valence-electron chi connectivity index (χ0n) is 10.7. The maximum absolute atomic E-state index is 12.1. The molecule has 0 bridgehead atoms. The van der Waals surface area contributed by atoms with Crippen LogP contribution in [-0.2, 0) is 11.3 Å². The summed E-state index contributed by atoms with van der Waals surface area (Å²) in [4.78, 5) is 13.9. The number of hydrogen-bond acceptors (Lipinski definition) is 2. The number of carbonyl (C=O) groups excluding carboxylic acids is 1. The first-order valence-electron chi connectivity index (χ1n) is 6.35. The van der Waals surface area contributed by atoms with Gasteiger partial charge in [0.25, 0.3) is 0 Å². The largest absolute Gasteiger partial charge is 0.341 e. The summed E-state index contributed by atoms with van der Waals surface area (Å²) in [6.45, 7) is 2.70. The summed E-state index contributed by atoms with van der Waals surface area (Å²) >= 11 is 3.51. The van der Waals surface area contributed by atoms with E-state index in [0.717, 1.165) is 29.5 Å². The molecule has 0 spiro atoms. The van der Waals surface area contributed by atoms with Gasteiger partial charge < -0.3 is 10.2 Å². The Bertz CT molecular complexity index is 416. The molecule has 1 fully saturated rings. The third kappa shape index (κ3) is 3.56. The second-order valence-corrected chi connectivity index (χ2v) is 5.76. The van der Waals surface area contributed by atoms with Crippen molar-refractivity contribution >= 4 is 21.8 Å². The van der Waals surface area contributed by atoms with Crippen LogP contribution in [0.5, 0.6) is 0 Å². The number of carbonyl (C=O) groups is 1. The van der Waals surface area contributed by atoms with E-state index in [-0.39, 0.29) is 5.91 Å². The predicted molar refractivity (Wildman–Crippen MR) is 76.2 cm³/mol. The molecule has 3 nitrogen and oxygen atoms in total. The molecule has 0 saturated carbocycles. The lowest BCUT2D eigenvalue weighted by atomic mass is 10.0. The molecule has 1 unspecified atom stereocenters. The molecular formula is C14H19BrN2O. The van der Waals surface area contributed by atoms with Crippen molar-refractivity contribution in [3.63, 3.8) is 0 Å². The molecule has 1 aromatic carbocycles. The molecule has 18 heavy (non-hydrogen) atoms. The van der Waals surface area contributed by atoms with E-state index in [2.05, 4.69) is 21.2 Å². The molecule has 1 heterocycles. The van der Waals surface area contributed by atoms with E-state index in [4.69, 9.17) is 0 Å². The monoisotopic (exact) mass is 310 g/mol. The Kier molecular flexibility index (Phi) is 4.78. The molecule has 1 aromatic rings. The van der Waals surface area contributed by atoms with Crippen molar-refractivity contribution < 1.29 is 4.79 Å². The minimum Gasteiger partial charge on any atom is -0.341 e. The maximum atomic E-state index is 12.1. The Morgan fingerprint density at radius 3 is 2.94 bits per heavy atom. The minimum atomic E-state index is 0.236. The average Bonchev–Trinajstić information content (AvgIpc) is 2.84. The first-order valence-corrected chi connectivity index (χ1v) is 7.14. The zero-order valence-corrected chi connectivity index (χ0v) is 12.2. The van der Waals surface area contributed by atoms with Crippen LogP contribution in [0.4, 0.5) is 0 Å². The lowest BCUT2D eigenvalue weighted by Crippen LogP contribution is -2.28. The van der Waals surface area contributed by atoms with Crippen LogP contribution >= 0.6 is 15.9 Å². The number of amides is 1. The molecule has 1 saturated heterocycles. The van der Waals surface area contributed by atoms with Gasteiger partial charge in [-0.25, -0.2) is 0 Å². The normalized spacial score (nSPS) is 18.9. The fraction of sp³-hybridized carbons (Fsp3) is 0.500. The van der Waals surface area contributed by atoms with E-state index >= 15 is 0 Å². The highest BCUT2D eigenvalue weighted by atomic mass is 79.9. The molecule has 1 atom stereocenters. The standard InChI is InChI=1S/C14H19BrN2O/c1-17(10-12-4-2-3-5-13(12)15)14(18)8-11-6-7-16-9-11/h2-5,11,16H,6-10H2,1H3. The van der Waals surface area contributed by atoms with Gasteiger partial charge in [-0.3, -0.25) is 4.79 Å². The number of benzene rings is 1. The van der Waals surface area contributed by atoms with Crippen LogP contribution in [0, 0.1) is 5.92 Å². The number of nitrogens with one attached hydrogen (secondary N) is 1. The summed E-state index contributed by atoms with van der Waals surface area (Å²) in [6, 6.07) is 8.04. The number of hydrogen-bond donors (Lipinski definition) is 1. The number of halogens is 1. The zero-order chi connectivity index (χ0) is 13.0. The molecular weight excluding hydrogens is 292 g/mol. The summed E-state index contributed by atoms with van der Waals surface area (Å²) < 4.78 is 1.06. The lowest BCUT2D eigenvalue weighted by molar-refractivity contribution is -0.131. The van der Waals surface area contributed by atoms with Crippen LogP contribution in [0.15, 0.2) is 28.7 Å². The second-order valence-electron chi connectivity index (χ2n) is 4.90. The van der Waals surface area contributed by atoms with Gasteiger partial charge in [0.1, 0.15) is 0 Å². The van der Waals surface area contributed by atoms with E-state index < -0.39 is 0 Å². The summed E-state index contributed by atoms with van der Waals surface area (Å²) in [5.74, 6) is 0.749. The molecule has 0 radical (unpaired) electrons. The van der Waals surface area contributed by atoms with Crippen molar-refractivity contribution in [3.8, 4) is 0 Å². The minimum absolute atomic E-state index is 0.236. The lowest BCUT2D eigenvalue weighted by Gasteiger charge is -2.19.